The van der Waals surface area contributed by atoms with Crippen LogP contribution in [-0.2, 0) is 6.42 Å². The monoisotopic (exact) mass is 378 g/mol. The summed E-state index contributed by atoms with van der Waals surface area (Å²) < 4.78 is 6.41. The van der Waals surface area contributed by atoms with Crippen LogP contribution in [0.25, 0.3) is 11.0 Å². The number of rotatable bonds is 10. The fourth-order valence-electron chi connectivity index (χ4n) is 2.94. The minimum absolute atomic E-state index is 0.181. The molecule has 2 aromatic rings. The average Bonchev–Trinajstić information content (AvgIpc) is 2.54. The van der Waals surface area contributed by atoms with Crippen molar-refractivity contribution in [3.8, 4) is 0 Å². The lowest BCUT2D eigenvalue weighted by Crippen LogP contribution is -2.07. The van der Waals surface area contributed by atoms with Gasteiger partial charge in [0.25, 0.3) is 0 Å². The van der Waals surface area contributed by atoms with Gasteiger partial charge in [0.2, 0.25) is 0 Å². The molecule has 0 amide bonds. The normalized spacial score (nSPS) is 11.2. The summed E-state index contributed by atoms with van der Waals surface area (Å²) in [5, 5.41) is 0.991. The maximum absolute atomic E-state index is 12.0. The van der Waals surface area contributed by atoms with E-state index in [1.54, 1.807) is 0 Å². The molecule has 0 radical (unpaired) electrons. The van der Waals surface area contributed by atoms with E-state index < -0.39 is 0 Å². The second-order valence-corrected chi connectivity index (χ2v) is 7.24. The van der Waals surface area contributed by atoms with E-state index in [2.05, 4.69) is 22.9 Å². The molecule has 0 aliphatic heterocycles. The zero-order valence-electron chi connectivity index (χ0n) is 14.1. The molecular formula is C20H27BrO2. The van der Waals surface area contributed by atoms with Gasteiger partial charge in [-0.05, 0) is 37.1 Å². The van der Waals surface area contributed by atoms with Crippen molar-refractivity contribution < 1.29 is 4.42 Å². The molecule has 1 aromatic heterocycles. The molecule has 0 aliphatic carbocycles. The Morgan fingerprint density at radius 1 is 0.913 bits per heavy atom. The van der Waals surface area contributed by atoms with Crippen molar-refractivity contribution >= 4 is 26.9 Å². The molecule has 0 bridgehead atoms. The predicted molar refractivity (Wildman–Crippen MR) is 101 cm³/mol. The lowest BCUT2D eigenvalue weighted by molar-refractivity contribution is 0.538. The van der Waals surface area contributed by atoms with E-state index in [0.717, 1.165) is 28.3 Å². The van der Waals surface area contributed by atoms with E-state index in [9.17, 15) is 4.79 Å². The lowest BCUT2D eigenvalue weighted by Gasteiger charge is -2.04. The maximum Gasteiger partial charge on any atom is 0.339 e. The average molecular weight is 379 g/mol. The zero-order valence-corrected chi connectivity index (χ0v) is 15.7. The van der Waals surface area contributed by atoms with Crippen molar-refractivity contribution in [1.29, 1.82) is 0 Å². The number of aryl methyl sites for hydroxylation is 1. The SMILES string of the molecule is CCCCCCCCCCCc1cc2cc(Br)ccc2oc1=O. The van der Waals surface area contributed by atoms with Crippen LogP contribution in [0.3, 0.4) is 0 Å². The standard InChI is InChI=1S/C20H27BrO2/c1-2-3-4-5-6-7-8-9-10-11-16-14-17-15-18(21)12-13-19(17)23-20(16)22/h12-15H,2-11H2,1H3. The molecule has 126 valence electrons. The van der Waals surface area contributed by atoms with Crippen LogP contribution in [0, 0.1) is 0 Å². The minimum Gasteiger partial charge on any atom is -0.423 e. The lowest BCUT2D eigenvalue weighted by atomic mass is 10.0. The van der Waals surface area contributed by atoms with Gasteiger partial charge in [-0.1, -0.05) is 74.2 Å². The van der Waals surface area contributed by atoms with Gasteiger partial charge in [-0.3, -0.25) is 0 Å². The van der Waals surface area contributed by atoms with Crippen LogP contribution in [0.2, 0.25) is 0 Å². The number of hydrogen-bond acceptors (Lipinski definition) is 2. The van der Waals surface area contributed by atoms with Crippen molar-refractivity contribution in [1.82, 2.24) is 0 Å². The summed E-state index contributed by atoms with van der Waals surface area (Å²) in [6.45, 7) is 2.25. The Hall–Kier alpha value is -1.09. The highest BCUT2D eigenvalue weighted by Gasteiger charge is 2.05. The van der Waals surface area contributed by atoms with Crippen molar-refractivity contribution in [3.05, 3.63) is 44.7 Å². The molecule has 0 fully saturated rings. The fraction of sp³-hybridized carbons (Fsp3) is 0.550. The van der Waals surface area contributed by atoms with Gasteiger partial charge in [0.15, 0.2) is 0 Å². The van der Waals surface area contributed by atoms with Crippen molar-refractivity contribution in [3.63, 3.8) is 0 Å². The molecule has 0 atom stereocenters. The summed E-state index contributed by atoms with van der Waals surface area (Å²) in [6.07, 6.45) is 12.5. The number of hydrogen-bond donors (Lipinski definition) is 0. The van der Waals surface area contributed by atoms with Gasteiger partial charge in [0.1, 0.15) is 5.58 Å². The summed E-state index contributed by atoms with van der Waals surface area (Å²) in [5.74, 6) is 0. The van der Waals surface area contributed by atoms with Crippen LogP contribution in [0.15, 0.2) is 37.9 Å². The van der Waals surface area contributed by atoms with Gasteiger partial charge in [0.05, 0.1) is 0 Å². The maximum atomic E-state index is 12.0. The molecule has 1 aromatic carbocycles. The number of halogens is 1. The van der Waals surface area contributed by atoms with Crippen LogP contribution in [-0.4, -0.2) is 0 Å². The molecule has 2 nitrogen and oxygen atoms in total. The first kappa shape index (κ1) is 18.3. The molecule has 0 saturated carbocycles. The van der Waals surface area contributed by atoms with Crippen molar-refractivity contribution in [2.75, 3.05) is 0 Å². The minimum atomic E-state index is -0.181. The summed E-state index contributed by atoms with van der Waals surface area (Å²) >= 11 is 3.46. The molecule has 2 rings (SSSR count). The highest BCUT2D eigenvalue weighted by Crippen LogP contribution is 2.20. The van der Waals surface area contributed by atoms with Crippen LogP contribution < -0.4 is 5.63 Å². The Labute approximate surface area is 147 Å². The molecule has 0 spiro atoms. The first-order valence-corrected chi connectivity index (χ1v) is 9.72. The topological polar surface area (TPSA) is 30.2 Å². The molecule has 0 aliphatic rings. The molecular weight excluding hydrogens is 352 g/mol. The van der Waals surface area contributed by atoms with E-state index in [1.807, 2.05) is 24.3 Å². The Morgan fingerprint density at radius 3 is 2.26 bits per heavy atom. The number of fused-ring (bicyclic) bond motifs is 1. The molecule has 0 unspecified atom stereocenters. The second-order valence-electron chi connectivity index (χ2n) is 6.32. The Kier molecular flexibility index (Phi) is 7.87. The van der Waals surface area contributed by atoms with Gasteiger partial charge in [0, 0.05) is 15.4 Å². The first-order chi connectivity index (χ1) is 11.2. The molecule has 0 saturated heterocycles. The zero-order chi connectivity index (χ0) is 16.5. The molecule has 23 heavy (non-hydrogen) atoms. The van der Waals surface area contributed by atoms with E-state index >= 15 is 0 Å². The summed E-state index contributed by atoms with van der Waals surface area (Å²) in [6, 6.07) is 7.71. The fourth-order valence-corrected chi connectivity index (χ4v) is 3.32. The third-order valence-corrected chi connectivity index (χ3v) is 4.81. The van der Waals surface area contributed by atoms with Crippen LogP contribution >= 0.6 is 15.9 Å². The van der Waals surface area contributed by atoms with Crippen LogP contribution in [0.5, 0.6) is 0 Å². The quantitative estimate of drug-likeness (QED) is 0.343. The smallest absolute Gasteiger partial charge is 0.339 e. The van der Waals surface area contributed by atoms with Crippen molar-refractivity contribution in [2.24, 2.45) is 0 Å². The predicted octanol–water partition coefficient (Wildman–Crippen LogP) is 6.63. The highest BCUT2D eigenvalue weighted by atomic mass is 79.9. The molecule has 1 heterocycles. The van der Waals surface area contributed by atoms with Gasteiger partial charge < -0.3 is 4.42 Å². The van der Waals surface area contributed by atoms with E-state index in [0.29, 0.717) is 5.58 Å². The van der Waals surface area contributed by atoms with E-state index in [-0.39, 0.29) is 5.63 Å². The third kappa shape index (κ3) is 6.14. The Morgan fingerprint density at radius 2 is 1.57 bits per heavy atom. The number of benzene rings is 1. The van der Waals surface area contributed by atoms with E-state index in [4.69, 9.17) is 4.42 Å². The first-order valence-electron chi connectivity index (χ1n) is 8.93. The molecule has 3 heteroatoms. The summed E-state index contributed by atoms with van der Waals surface area (Å²) in [7, 11) is 0. The van der Waals surface area contributed by atoms with E-state index in [1.165, 1.54) is 51.4 Å². The summed E-state index contributed by atoms with van der Waals surface area (Å²) in [4.78, 5) is 12.0. The second kappa shape index (κ2) is 9.92. The van der Waals surface area contributed by atoms with Gasteiger partial charge in [-0.25, -0.2) is 4.79 Å². The number of unbranched alkanes of at least 4 members (excludes halogenated alkanes) is 8. The summed E-state index contributed by atoms with van der Waals surface area (Å²) in [5.41, 5.74) is 1.28. The van der Waals surface area contributed by atoms with Gasteiger partial charge in [-0.15, -0.1) is 0 Å². The van der Waals surface area contributed by atoms with Crippen LogP contribution in [0.1, 0.15) is 70.3 Å². The third-order valence-electron chi connectivity index (χ3n) is 4.32. The Balaban J connectivity index is 1.74. The van der Waals surface area contributed by atoms with Crippen molar-refractivity contribution in [2.45, 2.75) is 71.1 Å². The molecule has 0 N–H and O–H groups in total. The largest absolute Gasteiger partial charge is 0.423 e. The van der Waals surface area contributed by atoms with Gasteiger partial charge in [-0.2, -0.15) is 0 Å². The van der Waals surface area contributed by atoms with Crippen LogP contribution in [0.4, 0.5) is 0 Å². The highest BCUT2D eigenvalue weighted by molar-refractivity contribution is 9.10. The van der Waals surface area contributed by atoms with Gasteiger partial charge >= 0.3 is 5.63 Å². The Bertz CT molecular complexity index is 660.